The molecule has 4 heteroatoms. The van der Waals surface area contributed by atoms with E-state index >= 15 is 0 Å². The summed E-state index contributed by atoms with van der Waals surface area (Å²) in [4.78, 5) is 12.1. The molecule has 0 bridgehead atoms. The molecule has 1 amide bonds. The molecule has 2 rings (SSSR count). The van der Waals surface area contributed by atoms with E-state index in [1.807, 2.05) is 24.3 Å². The number of anilines is 1. The van der Waals surface area contributed by atoms with Gasteiger partial charge in [0.1, 0.15) is 5.75 Å². The first-order chi connectivity index (χ1) is 9.60. The maximum Gasteiger partial charge on any atom is 0.259 e. The molecule has 3 nitrogen and oxygen atoms in total. The summed E-state index contributed by atoms with van der Waals surface area (Å²) < 4.78 is 0. The van der Waals surface area contributed by atoms with Crippen molar-refractivity contribution in [2.45, 2.75) is 19.8 Å². The van der Waals surface area contributed by atoms with Gasteiger partial charge in [-0.1, -0.05) is 37.1 Å². The first kappa shape index (κ1) is 14.4. The largest absolute Gasteiger partial charge is 0.507 e. The Kier molecular flexibility index (Phi) is 4.64. The standard InChI is InChI=1S/C16H16ClNO2/c1-2-4-11-5-3-6-13(9-11)18-16(20)14-10-12(17)7-8-15(14)19/h3,5-10,19H,2,4H2,1H3,(H,18,20). The Balaban J connectivity index is 2.19. The maximum atomic E-state index is 12.1. The lowest BCUT2D eigenvalue weighted by Crippen LogP contribution is -2.12. The number of phenols is 1. The average molecular weight is 290 g/mol. The lowest BCUT2D eigenvalue weighted by molar-refractivity contribution is 0.102. The number of hydrogen-bond acceptors (Lipinski definition) is 2. The first-order valence-corrected chi connectivity index (χ1v) is 6.86. The molecular weight excluding hydrogens is 274 g/mol. The fourth-order valence-corrected chi connectivity index (χ4v) is 2.15. The highest BCUT2D eigenvalue weighted by molar-refractivity contribution is 6.31. The highest BCUT2D eigenvalue weighted by atomic mass is 35.5. The second kappa shape index (κ2) is 6.44. The van der Waals surface area contributed by atoms with Crippen LogP contribution < -0.4 is 5.32 Å². The molecule has 0 aromatic heterocycles. The van der Waals surface area contributed by atoms with E-state index in [4.69, 9.17) is 11.6 Å². The number of aryl methyl sites for hydroxylation is 1. The van der Waals surface area contributed by atoms with Gasteiger partial charge in [0, 0.05) is 10.7 Å². The maximum absolute atomic E-state index is 12.1. The van der Waals surface area contributed by atoms with Crippen molar-refractivity contribution >= 4 is 23.2 Å². The molecule has 0 unspecified atom stereocenters. The number of phenolic OH excluding ortho intramolecular Hbond substituents is 1. The monoisotopic (exact) mass is 289 g/mol. The molecule has 20 heavy (non-hydrogen) atoms. The van der Waals surface area contributed by atoms with Gasteiger partial charge in [-0.3, -0.25) is 4.79 Å². The normalized spacial score (nSPS) is 10.3. The minimum absolute atomic E-state index is 0.0865. The van der Waals surface area contributed by atoms with Gasteiger partial charge in [0.25, 0.3) is 5.91 Å². The van der Waals surface area contributed by atoms with Gasteiger partial charge in [0.15, 0.2) is 0 Å². The molecule has 2 aromatic carbocycles. The Hall–Kier alpha value is -2.00. The summed E-state index contributed by atoms with van der Waals surface area (Å²) in [5.74, 6) is -0.463. The van der Waals surface area contributed by atoms with E-state index in [0.29, 0.717) is 10.7 Å². The van der Waals surface area contributed by atoms with Crippen LogP contribution in [0.25, 0.3) is 0 Å². The van der Waals surface area contributed by atoms with Crippen molar-refractivity contribution in [2.24, 2.45) is 0 Å². The average Bonchev–Trinajstić information content (AvgIpc) is 2.42. The predicted octanol–water partition coefficient (Wildman–Crippen LogP) is 4.25. The second-order valence-electron chi connectivity index (χ2n) is 4.57. The Morgan fingerprint density at radius 1 is 1.25 bits per heavy atom. The third-order valence-electron chi connectivity index (χ3n) is 2.93. The molecule has 0 aliphatic heterocycles. The number of aromatic hydroxyl groups is 1. The summed E-state index contributed by atoms with van der Waals surface area (Å²) in [7, 11) is 0. The molecule has 0 aliphatic carbocycles. The summed E-state index contributed by atoms with van der Waals surface area (Å²) in [6.07, 6.45) is 2.01. The van der Waals surface area contributed by atoms with Gasteiger partial charge >= 0.3 is 0 Å². The van der Waals surface area contributed by atoms with Crippen molar-refractivity contribution in [3.8, 4) is 5.75 Å². The summed E-state index contributed by atoms with van der Waals surface area (Å²) in [5.41, 5.74) is 2.04. The van der Waals surface area contributed by atoms with Gasteiger partial charge in [0.2, 0.25) is 0 Å². The van der Waals surface area contributed by atoms with Crippen LogP contribution in [0.3, 0.4) is 0 Å². The van der Waals surface area contributed by atoms with E-state index in [9.17, 15) is 9.90 Å². The van der Waals surface area contributed by atoms with Gasteiger partial charge in [-0.25, -0.2) is 0 Å². The fraction of sp³-hybridized carbons (Fsp3) is 0.188. The zero-order valence-electron chi connectivity index (χ0n) is 11.2. The number of carbonyl (C=O) groups is 1. The molecule has 0 radical (unpaired) electrons. The number of halogens is 1. The zero-order valence-corrected chi connectivity index (χ0v) is 11.9. The number of benzene rings is 2. The van der Waals surface area contributed by atoms with Gasteiger partial charge in [-0.15, -0.1) is 0 Å². The number of rotatable bonds is 4. The van der Waals surface area contributed by atoms with E-state index in [0.717, 1.165) is 12.8 Å². The molecule has 0 spiro atoms. The number of carbonyl (C=O) groups excluding carboxylic acids is 1. The topological polar surface area (TPSA) is 49.3 Å². The van der Waals surface area contributed by atoms with Crippen LogP contribution in [0.15, 0.2) is 42.5 Å². The molecule has 0 fully saturated rings. The first-order valence-electron chi connectivity index (χ1n) is 6.49. The molecule has 0 heterocycles. The van der Waals surface area contributed by atoms with Crippen molar-refractivity contribution in [3.63, 3.8) is 0 Å². The fourth-order valence-electron chi connectivity index (χ4n) is 1.98. The van der Waals surface area contributed by atoms with Gasteiger partial charge in [0.05, 0.1) is 5.56 Å². The SMILES string of the molecule is CCCc1cccc(NC(=O)c2cc(Cl)ccc2O)c1. The summed E-state index contributed by atoms with van der Waals surface area (Å²) >= 11 is 5.84. The van der Waals surface area contributed by atoms with Gasteiger partial charge < -0.3 is 10.4 Å². The highest BCUT2D eigenvalue weighted by Crippen LogP contribution is 2.23. The molecule has 2 aromatic rings. The number of hydrogen-bond donors (Lipinski definition) is 2. The van der Waals surface area contributed by atoms with Crippen LogP contribution in [0.4, 0.5) is 5.69 Å². The minimum Gasteiger partial charge on any atom is -0.507 e. The summed E-state index contributed by atoms with van der Waals surface area (Å²) in [6, 6.07) is 12.1. The van der Waals surface area contributed by atoms with E-state index in [2.05, 4.69) is 12.2 Å². The predicted molar refractivity (Wildman–Crippen MR) is 81.5 cm³/mol. The van der Waals surface area contributed by atoms with E-state index in [1.54, 1.807) is 0 Å². The van der Waals surface area contributed by atoms with Crippen LogP contribution in [-0.2, 0) is 6.42 Å². The third-order valence-corrected chi connectivity index (χ3v) is 3.16. The van der Waals surface area contributed by atoms with Crippen molar-refractivity contribution in [2.75, 3.05) is 5.32 Å². The van der Waals surface area contributed by atoms with Crippen LogP contribution >= 0.6 is 11.6 Å². The lowest BCUT2D eigenvalue weighted by atomic mass is 10.1. The molecule has 0 saturated carbocycles. The smallest absolute Gasteiger partial charge is 0.259 e. The second-order valence-corrected chi connectivity index (χ2v) is 5.00. The highest BCUT2D eigenvalue weighted by Gasteiger charge is 2.12. The van der Waals surface area contributed by atoms with Gasteiger partial charge in [-0.2, -0.15) is 0 Å². The van der Waals surface area contributed by atoms with Crippen LogP contribution in [0.2, 0.25) is 5.02 Å². The van der Waals surface area contributed by atoms with Crippen LogP contribution in [0, 0.1) is 0 Å². The molecule has 0 atom stereocenters. The molecular formula is C16H16ClNO2. The Morgan fingerprint density at radius 3 is 2.80 bits per heavy atom. The summed E-state index contributed by atoms with van der Waals surface area (Å²) in [5, 5.41) is 12.9. The van der Waals surface area contributed by atoms with Crippen molar-refractivity contribution < 1.29 is 9.90 Å². The van der Waals surface area contributed by atoms with Crippen molar-refractivity contribution in [1.82, 2.24) is 0 Å². The number of amides is 1. The van der Waals surface area contributed by atoms with Crippen LogP contribution in [0.5, 0.6) is 5.75 Å². The summed E-state index contributed by atoms with van der Waals surface area (Å²) in [6.45, 7) is 2.11. The molecule has 0 saturated heterocycles. The van der Waals surface area contributed by atoms with Crippen molar-refractivity contribution in [3.05, 3.63) is 58.6 Å². The number of nitrogens with one attached hydrogen (secondary N) is 1. The Bertz CT molecular complexity index is 626. The van der Waals surface area contributed by atoms with E-state index in [-0.39, 0.29) is 17.2 Å². The van der Waals surface area contributed by atoms with E-state index < -0.39 is 0 Å². The Labute approximate surface area is 123 Å². The van der Waals surface area contributed by atoms with E-state index in [1.165, 1.54) is 23.8 Å². The third kappa shape index (κ3) is 3.52. The quantitative estimate of drug-likeness (QED) is 0.884. The molecule has 104 valence electrons. The molecule has 2 N–H and O–H groups in total. The van der Waals surface area contributed by atoms with Crippen LogP contribution in [0.1, 0.15) is 29.3 Å². The van der Waals surface area contributed by atoms with Crippen LogP contribution in [-0.4, -0.2) is 11.0 Å². The van der Waals surface area contributed by atoms with Gasteiger partial charge in [-0.05, 0) is 42.3 Å². The molecule has 0 aliphatic rings. The lowest BCUT2D eigenvalue weighted by Gasteiger charge is -2.08. The Morgan fingerprint density at radius 2 is 2.05 bits per heavy atom. The minimum atomic E-state index is -0.376. The van der Waals surface area contributed by atoms with Crippen molar-refractivity contribution in [1.29, 1.82) is 0 Å². The zero-order chi connectivity index (χ0) is 14.5.